The number of guanidine groups is 1. The first-order valence-corrected chi connectivity index (χ1v) is 11.0. The number of hydrogen-bond acceptors (Lipinski definition) is 5. The molecule has 1 aromatic heterocycles. The average Bonchev–Trinajstić information content (AvgIpc) is 3.45. The summed E-state index contributed by atoms with van der Waals surface area (Å²) in [5, 5.41) is 21.8. The van der Waals surface area contributed by atoms with Crippen LogP contribution in [0.5, 0.6) is 5.75 Å². The number of nitrogens with one attached hydrogen (secondary N) is 2. The number of aromatic nitrogens is 2. The molecule has 0 radical (unpaired) electrons. The predicted molar refractivity (Wildman–Crippen MR) is 123 cm³/mol. The van der Waals surface area contributed by atoms with Gasteiger partial charge in [0, 0.05) is 31.9 Å². The molecule has 1 fully saturated rings. The van der Waals surface area contributed by atoms with Crippen LogP contribution in [0, 0.1) is 0 Å². The van der Waals surface area contributed by atoms with E-state index in [1.165, 1.54) is 18.4 Å². The van der Waals surface area contributed by atoms with Crippen LogP contribution in [0.25, 0.3) is 0 Å². The summed E-state index contributed by atoms with van der Waals surface area (Å²) in [6, 6.07) is 8.51. The van der Waals surface area contributed by atoms with E-state index in [4.69, 9.17) is 4.74 Å². The molecule has 0 aliphatic carbocycles. The van der Waals surface area contributed by atoms with Crippen molar-refractivity contribution in [2.45, 2.75) is 38.3 Å². The summed E-state index contributed by atoms with van der Waals surface area (Å²) in [6.45, 7) is 7.68. The van der Waals surface area contributed by atoms with Crippen molar-refractivity contribution in [2.24, 2.45) is 12.0 Å². The largest absolute Gasteiger partial charge is 0.497 e. The van der Waals surface area contributed by atoms with Crippen LogP contribution in [0.4, 0.5) is 0 Å². The number of methoxy groups -OCH3 is 1. The summed E-state index contributed by atoms with van der Waals surface area (Å²) in [6.07, 6.45) is 5.95. The van der Waals surface area contributed by atoms with Gasteiger partial charge in [-0.1, -0.05) is 12.1 Å². The first-order chi connectivity index (χ1) is 14.9. The number of ether oxygens (including phenoxy) is 1. The highest BCUT2D eigenvalue weighted by molar-refractivity contribution is 5.79. The standard InChI is InChI=1S/C23H36N6O2/c1-5-24-22(26-17-23(2,30)19-14-27-28(3)16-19)25-15-21(29-11-6-7-12-29)18-9-8-10-20(13-18)31-4/h8-10,13-14,16,21,30H,5-7,11-12,15,17H2,1-4H3,(H2,24,25,26). The summed E-state index contributed by atoms with van der Waals surface area (Å²) in [7, 11) is 3.54. The van der Waals surface area contributed by atoms with Gasteiger partial charge in [-0.15, -0.1) is 0 Å². The zero-order valence-electron chi connectivity index (χ0n) is 19.1. The second-order valence-corrected chi connectivity index (χ2v) is 8.29. The average molecular weight is 429 g/mol. The van der Waals surface area contributed by atoms with E-state index in [0.29, 0.717) is 12.5 Å². The van der Waals surface area contributed by atoms with Gasteiger partial charge >= 0.3 is 0 Å². The molecule has 170 valence electrons. The lowest BCUT2D eigenvalue weighted by molar-refractivity contribution is 0.0671. The molecule has 31 heavy (non-hydrogen) atoms. The molecule has 3 rings (SSSR count). The highest BCUT2D eigenvalue weighted by atomic mass is 16.5. The van der Waals surface area contributed by atoms with Crippen LogP contribution >= 0.6 is 0 Å². The number of nitrogens with zero attached hydrogens (tertiary/aromatic N) is 4. The number of aryl methyl sites for hydroxylation is 1. The fourth-order valence-electron chi connectivity index (χ4n) is 3.92. The number of rotatable bonds is 9. The molecule has 2 unspecified atom stereocenters. The van der Waals surface area contributed by atoms with Crippen LogP contribution in [-0.2, 0) is 12.6 Å². The van der Waals surface area contributed by atoms with Gasteiger partial charge in [0.2, 0.25) is 0 Å². The molecular weight excluding hydrogens is 392 g/mol. The van der Waals surface area contributed by atoms with Crippen molar-refractivity contribution in [3.63, 3.8) is 0 Å². The van der Waals surface area contributed by atoms with Gasteiger partial charge in [0.25, 0.3) is 0 Å². The number of aliphatic imine (C=N–C) groups is 1. The van der Waals surface area contributed by atoms with E-state index in [2.05, 4.69) is 37.8 Å². The molecule has 1 aromatic carbocycles. The van der Waals surface area contributed by atoms with Gasteiger partial charge in [0.15, 0.2) is 5.96 Å². The van der Waals surface area contributed by atoms with Crippen LogP contribution in [0.1, 0.15) is 43.9 Å². The van der Waals surface area contributed by atoms with Crippen molar-refractivity contribution in [3.8, 4) is 5.75 Å². The minimum absolute atomic E-state index is 0.222. The summed E-state index contributed by atoms with van der Waals surface area (Å²) in [4.78, 5) is 7.17. The zero-order chi connectivity index (χ0) is 22.3. The Balaban J connectivity index is 1.72. The Kier molecular flexibility index (Phi) is 7.92. The Morgan fingerprint density at radius 1 is 1.32 bits per heavy atom. The van der Waals surface area contributed by atoms with Gasteiger partial charge in [-0.3, -0.25) is 9.58 Å². The molecule has 2 aromatic rings. The molecule has 2 heterocycles. The predicted octanol–water partition coefficient (Wildman–Crippen LogP) is 2.03. The minimum atomic E-state index is -1.09. The highest BCUT2D eigenvalue weighted by Crippen LogP contribution is 2.27. The van der Waals surface area contributed by atoms with Gasteiger partial charge < -0.3 is 20.5 Å². The molecular formula is C23H36N6O2. The SMILES string of the molecule is CCNC(=NCC(C)(O)c1cnn(C)c1)NCC(c1cccc(OC)c1)N1CCCC1. The third-order valence-electron chi connectivity index (χ3n) is 5.74. The molecule has 2 atom stereocenters. The quantitative estimate of drug-likeness (QED) is 0.419. The lowest BCUT2D eigenvalue weighted by Gasteiger charge is -2.29. The van der Waals surface area contributed by atoms with Crippen LogP contribution in [0.3, 0.4) is 0 Å². The van der Waals surface area contributed by atoms with Crippen molar-refractivity contribution in [1.29, 1.82) is 0 Å². The molecule has 0 amide bonds. The Bertz CT molecular complexity index is 857. The van der Waals surface area contributed by atoms with E-state index in [9.17, 15) is 5.11 Å². The van der Waals surface area contributed by atoms with Gasteiger partial charge in [-0.2, -0.15) is 5.10 Å². The minimum Gasteiger partial charge on any atom is -0.497 e. The van der Waals surface area contributed by atoms with Crippen molar-refractivity contribution >= 4 is 5.96 Å². The van der Waals surface area contributed by atoms with Gasteiger partial charge in [-0.05, 0) is 57.5 Å². The topological polar surface area (TPSA) is 86.9 Å². The lowest BCUT2D eigenvalue weighted by atomic mass is 10.0. The summed E-state index contributed by atoms with van der Waals surface area (Å²) < 4.78 is 7.13. The fraction of sp³-hybridized carbons (Fsp3) is 0.565. The Labute approximate surface area is 185 Å². The summed E-state index contributed by atoms with van der Waals surface area (Å²) >= 11 is 0. The Morgan fingerprint density at radius 3 is 2.74 bits per heavy atom. The first kappa shape index (κ1) is 23.1. The molecule has 1 aliphatic heterocycles. The second-order valence-electron chi connectivity index (χ2n) is 8.29. The van der Waals surface area contributed by atoms with Crippen LogP contribution in [0.15, 0.2) is 41.7 Å². The smallest absolute Gasteiger partial charge is 0.191 e. The third-order valence-corrected chi connectivity index (χ3v) is 5.74. The highest BCUT2D eigenvalue weighted by Gasteiger charge is 2.26. The second kappa shape index (κ2) is 10.6. The normalized spacial score (nSPS) is 17.9. The van der Waals surface area contributed by atoms with E-state index in [0.717, 1.165) is 30.9 Å². The van der Waals surface area contributed by atoms with Crippen molar-refractivity contribution in [1.82, 2.24) is 25.3 Å². The van der Waals surface area contributed by atoms with Crippen molar-refractivity contribution in [2.75, 3.05) is 39.8 Å². The van der Waals surface area contributed by atoms with E-state index in [1.54, 1.807) is 24.9 Å². The molecule has 0 saturated carbocycles. The number of aliphatic hydroxyl groups is 1. The molecule has 3 N–H and O–H groups in total. The van der Waals surface area contributed by atoms with Crippen LogP contribution in [0.2, 0.25) is 0 Å². The van der Waals surface area contributed by atoms with E-state index < -0.39 is 5.60 Å². The molecule has 0 spiro atoms. The monoisotopic (exact) mass is 428 g/mol. The number of likely N-dealkylation sites (tertiary alicyclic amines) is 1. The van der Waals surface area contributed by atoms with Crippen molar-refractivity contribution in [3.05, 3.63) is 47.8 Å². The molecule has 8 nitrogen and oxygen atoms in total. The molecule has 8 heteroatoms. The van der Waals surface area contributed by atoms with Gasteiger partial charge in [-0.25, -0.2) is 4.99 Å². The lowest BCUT2D eigenvalue weighted by Crippen LogP contribution is -2.43. The van der Waals surface area contributed by atoms with Gasteiger partial charge in [0.1, 0.15) is 11.4 Å². The maximum absolute atomic E-state index is 10.9. The van der Waals surface area contributed by atoms with Crippen molar-refractivity contribution < 1.29 is 9.84 Å². The maximum Gasteiger partial charge on any atom is 0.191 e. The van der Waals surface area contributed by atoms with Crippen LogP contribution < -0.4 is 15.4 Å². The van der Waals surface area contributed by atoms with E-state index >= 15 is 0 Å². The zero-order valence-corrected chi connectivity index (χ0v) is 19.1. The Hall–Kier alpha value is -2.58. The number of benzene rings is 1. The third kappa shape index (κ3) is 6.21. The summed E-state index contributed by atoms with van der Waals surface area (Å²) in [5.41, 5.74) is 0.894. The Morgan fingerprint density at radius 2 is 2.10 bits per heavy atom. The van der Waals surface area contributed by atoms with Gasteiger partial charge in [0.05, 0.1) is 25.9 Å². The van der Waals surface area contributed by atoms with Crippen LogP contribution in [-0.4, -0.2) is 65.6 Å². The summed E-state index contributed by atoms with van der Waals surface area (Å²) in [5.74, 6) is 1.56. The molecule has 1 saturated heterocycles. The fourth-order valence-corrected chi connectivity index (χ4v) is 3.92. The first-order valence-electron chi connectivity index (χ1n) is 11.0. The molecule has 1 aliphatic rings. The molecule has 0 bridgehead atoms. The van der Waals surface area contributed by atoms with E-state index in [-0.39, 0.29) is 12.6 Å². The van der Waals surface area contributed by atoms with E-state index in [1.807, 2.05) is 32.3 Å². The maximum atomic E-state index is 10.9. The number of hydrogen-bond donors (Lipinski definition) is 3.